The molecule has 8 heteroatoms. The van der Waals surface area contributed by atoms with Gasteiger partial charge in [0.15, 0.2) is 15.6 Å². The molecule has 158 valence electrons. The molecule has 0 radical (unpaired) electrons. The minimum absolute atomic E-state index is 0.0679. The number of ketones is 1. The van der Waals surface area contributed by atoms with Gasteiger partial charge in [-0.1, -0.05) is 18.2 Å². The highest BCUT2D eigenvalue weighted by Crippen LogP contribution is 2.44. The number of Topliss-reactive ketones (excluding diaryl/α,β-unsaturated/α-hetero) is 1. The Morgan fingerprint density at radius 2 is 1.97 bits per heavy atom. The molecule has 7 nitrogen and oxygen atoms in total. The lowest BCUT2D eigenvalue weighted by atomic mass is 9.76. The van der Waals surface area contributed by atoms with Gasteiger partial charge in [0.2, 0.25) is 0 Å². The third-order valence-electron chi connectivity index (χ3n) is 6.30. The fraction of sp³-hybridized carbons (Fsp3) is 0.455. The van der Waals surface area contributed by atoms with E-state index in [0.717, 1.165) is 35.2 Å². The van der Waals surface area contributed by atoms with Gasteiger partial charge in [0.25, 0.3) is 0 Å². The summed E-state index contributed by atoms with van der Waals surface area (Å²) in [7, 11) is -3.48. The second-order valence-corrected chi connectivity index (χ2v) is 11.3. The number of nitrogens with zero attached hydrogens (tertiary/aromatic N) is 3. The first-order valence-electron chi connectivity index (χ1n) is 10.1. The molecular formula is C22H26N4O3S. The van der Waals surface area contributed by atoms with Gasteiger partial charge in [-0.25, -0.2) is 13.4 Å². The van der Waals surface area contributed by atoms with Crippen LogP contribution in [0.1, 0.15) is 59.6 Å². The van der Waals surface area contributed by atoms with Crippen LogP contribution >= 0.6 is 0 Å². The Balaban J connectivity index is 1.73. The smallest absolute Gasteiger partial charge is 0.187 e. The Bertz CT molecular complexity index is 1150. The molecule has 2 aliphatic rings. The number of hydrogen-bond donors (Lipinski definition) is 1. The number of aryl methyl sites for hydroxylation is 2. The van der Waals surface area contributed by atoms with Gasteiger partial charge in [-0.05, 0) is 56.7 Å². The maximum absolute atomic E-state index is 13.0. The number of carbonyl (C=O) groups is 1. The number of rotatable bonds is 3. The molecule has 1 aromatic carbocycles. The van der Waals surface area contributed by atoms with Crippen molar-refractivity contribution in [1.82, 2.24) is 9.97 Å². The van der Waals surface area contributed by atoms with E-state index < -0.39 is 20.1 Å². The molecule has 2 heterocycles. The van der Waals surface area contributed by atoms with Crippen molar-refractivity contribution in [3.05, 3.63) is 58.7 Å². The number of aliphatic imine (C=N–C) groups is 1. The summed E-state index contributed by atoms with van der Waals surface area (Å²) >= 11 is 0. The van der Waals surface area contributed by atoms with Crippen LogP contribution in [0.2, 0.25) is 0 Å². The summed E-state index contributed by atoms with van der Waals surface area (Å²) < 4.78 is 24.9. The number of sulfone groups is 1. The molecule has 2 aromatic rings. The lowest BCUT2D eigenvalue weighted by molar-refractivity contribution is 0.0987. The van der Waals surface area contributed by atoms with E-state index in [9.17, 15) is 13.2 Å². The first-order chi connectivity index (χ1) is 14.0. The third-order valence-corrected chi connectivity index (χ3v) is 8.92. The average Bonchev–Trinajstić information content (AvgIpc) is 2.67. The van der Waals surface area contributed by atoms with E-state index in [4.69, 9.17) is 10.7 Å². The number of hydrogen-bond acceptors (Lipinski definition) is 7. The number of nitrogens with two attached hydrogens (primary N) is 1. The number of fused-ring (bicyclic) bond motifs is 2. The van der Waals surface area contributed by atoms with Gasteiger partial charge in [0.05, 0.1) is 17.6 Å². The standard InChI is InChI=1S/C22H26N4O3S/c1-14-11-25-18(12-24-14)19(27)10-15-6-7-16-5-4-8-22(17(16)9-15)13-30(28,29)21(2,3)20(23)26-22/h6-7,9,11-12H,4-5,8,10,13H2,1-3H3,(H2,23,26)/t22-/m0/s1. The van der Waals surface area contributed by atoms with E-state index in [2.05, 4.69) is 9.97 Å². The van der Waals surface area contributed by atoms with Crippen LogP contribution in [0.25, 0.3) is 0 Å². The van der Waals surface area contributed by atoms with E-state index in [1.165, 1.54) is 6.20 Å². The molecule has 1 aromatic heterocycles. The van der Waals surface area contributed by atoms with Gasteiger partial charge in [0.1, 0.15) is 21.8 Å². The number of amidine groups is 1. The third kappa shape index (κ3) is 3.33. The predicted octanol–water partition coefficient (Wildman–Crippen LogP) is 2.31. The van der Waals surface area contributed by atoms with Gasteiger partial charge in [-0.15, -0.1) is 0 Å². The maximum atomic E-state index is 13.0. The molecule has 30 heavy (non-hydrogen) atoms. The molecule has 1 aliphatic heterocycles. The molecule has 0 bridgehead atoms. The summed E-state index contributed by atoms with van der Waals surface area (Å²) in [6.07, 6.45) is 5.54. The van der Waals surface area contributed by atoms with Crippen molar-refractivity contribution in [2.24, 2.45) is 10.7 Å². The molecule has 0 fully saturated rings. The first kappa shape index (κ1) is 20.7. The number of carbonyl (C=O) groups excluding carboxylic acids is 1. The second-order valence-electron chi connectivity index (χ2n) is 8.79. The van der Waals surface area contributed by atoms with E-state index in [1.54, 1.807) is 20.0 Å². The van der Waals surface area contributed by atoms with E-state index in [0.29, 0.717) is 12.1 Å². The van der Waals surface area contributed by atoms with Crippen LogP contribution in [0, 0.1) is 6.92 Å². The monoisotopic (exact) mass is 426 g/mol. The van der Waals surface area contributed by atoms with Crippen molar-refractivity contribution in [1.29, 1.82) is 0 Å². The van der Waals surface area contributed by atoms with Crippen molar-refractivity contribution >= 4 is 21.5 Å². The van der Waals surface area contributed by atoms with E-state index in [-0.39, 0.29) is 23.8 Å². The zero-order valence-electron chi connectivity index (χ0n) is 17.5. The maximum Gasteiger partial charge on any atom is 0.187 e. The highest BCUT2D eigenvalue weighted by molar-refractivity contribution is 7.93. The van der Waals surface area contributed by atoms with Crippen LogP contribution in [0.3, 0.4) is 0 Å². The van der Waals surface area contributed by atoms with E-state index >= 15 is 0 Å². The molecule has 1 spiro atoms. The van der Waals surface area contributed by atoms with Crippen LogP contribution in [-0.2, 0) is 28.2 Å². The molecule has 1 aliphatic carbocycles. The highest BCUT2D eigenvalue weighted by Gasteiger charge is 2.51. The first-order valence-corrected chi connectivity index (χ1v) is 11.7. The van der Waals surface area contributed by atoms with Crippen LogP contribution in [0.4, 0.5) is 0 Å². The Morgan fingerprint density at radius 1 is 1.20 bits per heavy atom. The van der Waals surface area contributed by atoms with Crippen molar-refractivity contribution in [2.75, 3.05) is 5.75 Å². The van der Waals surface area contributed by atoms with Crippen molar-refractivity contribution in [3.8, 4) is 0 Å². The van der Waals surface area contributed by atoms with Crippen LogP contribution in [0.5, 0.6) is 0 Å². The lowest BCUT2D eigenvalue weighted by Gasteiger charge is -2.43. The molecule has 0 saturated carbocycles. The Hall–Kier alpha value is -2.61. The Labute approximate surface area is 176 Å². The predicted molar refractivity (Wildman–Crippen MR) is 115 cm³/mol. The van der Waals surface area contributed by atoms with Crippen molar-refractivity contribution < 1.29 is 13.2 Å². The Morgan fingerprint density at radius 3 is 2.63 bits per heavy atom. The minimum atomic E-state index is -3.48. The summed E-state index contributed by atoms with van der Waals surface area (Å²) in [6.45, 7) is 5.03. The van der Waals surface area contributed by atoms with Gasteiger partial charge >= 0.3 is 0 Å². The molecule has 4 rings (SSSR count). The fourth-order valence-electron chi connectivity index (χ4n) is 4.22. The normalized spacial score (nSPS) is 24.2. The summed E-state index contributed by atoms with van der Waals surface area (Å²) in [5.74, 6) is -0.0487. The van der Waals surface area contributed by atoms with Crippen molar-refractivity contribution in [3.63, 3.8) is 0 Å². The molecule has 0 saturated heterocycles. The number of aromatic nitrogens is 2. The zero-order chi connectivity index (χ0) is 21.7. The molecule has 2 N–H and O–H groups in total. The topological polar surface area (TPSA) is 115 Å². The second kappa shape index (κ2) is 6.97. The van der Waals surface area contributed by atoms with Gasteiger partial charge < -0.3 is 5.73 Å². The quantitative estimate of drug-likeness (QED) is 0.753. The van der Waals surface area contributed by atoms with Gasteiger partial charge in [0, 0.05) is 12.6 Å². The summed E-state index contributed by atoms with van der Waals surface area (Å²) in [4.78, 5) is 25.7. The van der Waals surface area contributed by atoms with E-state index in [1.807, 2.05) is 25.1 Å². The van der Waals surface area contributed by atoms with Crippen LogP contribution in [0.15, 0.2) is 35.6 Å². The number of benzene rings is 1. The van der Waals surface area contributed by atoms with Crippen molar-refractivity contribution in [2.45, 2.75) is 56.7 Å². The zero-order valence-corrected chi connectivity index (χ0v) is 18.3. The average molecular weight is 427 g/mol. The van der Waals surface area contributed by atoms with Gasteiger partial charge in [-0.3, -0.25) is 14.8 Å². The largest absolute Gasteiger partial charge is 0.386 e. The van der Waals surface area contributed by atoms with Crippen LogP contribution in [-0.4, -0.2) is 40.5 Å². The molecular weight excluding hydrogens is 400 g/mol. The van der Waals surface area contributed by atoms with Crippen LogP contribution < -0.4 is 5.73 Å². The minimum Gasteiger partial charge on any atom is -0.386 e. The lowest BCUT2D eigenvalue weighted by Crippen LogP contribution is -2.56. The Kier molecular flexibility index (Phi) is 4.80. The molecule has 1 atom stereocenters. The summed E-state index contributed by atoms with van der Waals surface area (Å²) in [5, 5.41) is 0. The molecule has 0 amide bonds. The van der Waals surface area contributed by atoms with Gasteiger partial charge in [-0.2, -0.15) is 0 Å². The fourth-order valence-corrected chi connectivity index (χ4v) is 5.94. The SMILES string of the molecule is Cc1cnc(C(=O)Cc2ccc3c(c2)[C@]2(CCC3)CS(=O)(=O)C(C)(C)C(N)=N2)cn1. The summed E-state index contributed by atoms with van der Waals surface area (Å²) in [6, 6.07) is 5.84. The summed E-state index contributed by atoms with van der Waals surface area (Å²) in [5.41, 5.74) is 9.09. The molecule has 0 unspecified atom stereocenters. The highest BCUT2D eigenvalue weighted by atomic mass is 32.2.